The van der Waals surface area contributed by atoms with E-state index in [1.165, 1.54) is 0 Å². The molecule has 5 nitrogen and oxygen atoms in total. The molecule has 2 atom stereocenters. The van der Waals surface area contributed by atoms with Crippen LogP contribution in [-0.4, -0.2) is 15.2 Å². The maximum atomic E-state index is 10.6. The smallest absolute Gasteiger partial charge is 0.174 e. The number of nitrogens with zero attached hydrogens (tertiary/aromatic N) is 2. The summed E-state index contributed by atoms with van der Waals surface area (Å²) < 4.78 is 6.29. The Morgan fingerprint density at radius 3 is 2.56 bits per heavy atom. The number of phenols is 1. The van der Waals surface area contributed by atoms with Crippen LogP contribution in [0.2, 0.25) is 10.0 Å². The molecule has 2 N–H and O–H groups in total. The van der Waals surface area contributed by atoms with Crippen LogP contribution in [0.1, 0.15) is 23.5 Å². The number of rotatable bonds is 4. The Morgan fingerprint density at radius 1 is 0.969 bits per heavy atom. The van der Waals surface area contributed by atoms with Crippen molar-refractivity contribution in [1.82, 2.24) is 10.3 Å². The van der Waals surface area contributed by atoms with Crippen LogP contribution in [0.25, 0.3) is 11.3 Å². The number of nitrogens with one attached hydrogen (secondary N) is 1. The molecule has 0 radical (unpaired) electrons. The fraction of sp³-hybridized carbons (Fsp3) is 0.0833. The summed E-state index contributed by atoms with van der Waals surface area (Å²) in [6.07, 6.45) is 1.74. The second-order valence-corrected chi connectivity index (χ2v) is 8.46. The van der Waals surface area contributed by atoms with Crippen LogP contribution in [0.5, 0.6) is 5.75 Å². The van der Waals surface area contributed by atoms with Crippen molar-refractivity contribution in [2.75, 3.05) is 4.90 Å². The average Bonchev–Trinajstić information content (AvgIpc) is 3.41. The number of para-hydroxylation sites is 2. The minimum atomic E-state index is -0.391. The molecule has 0 unspecified atom stereocenters. The van der Waals surface area contributed by atoms with Gasteiger partial charge in [-0.1, -0.05) is 47.5 Å². The van der Waals surface area contributed by atoms with Gasteiger partial charge in [0.15, 0.2) is 5.11 Å². The maximum absolute atomic E-state index is 10.6. The summed E-state index contributed by atoms with van der Waals surface area (Å²) in [5.74, 6) is 1.35. The molecule has 0 bridgehead atoms. The van der Waals surface area contributed by atoms with E-state index in [-0.39, 0.29) is 11.8 Å². The highest BCUT2D eigenvalue weighted by molar-refractivity contribution is 7.80. The first-order chi connectivity index (χ1) is 15.5. The number of hydrogen-bond donors (Lipinski definition) is 2. The lowest BCUT2D eigenvalue weighted by Crippen LogP contribution is -2.29. The lowest BCUT2D eigenvalue weighted by Gasteiger charge is -2.26. The number of furan rings is 1. The van der Waals surface area contributed by atoms with E-state index in [0.29, 0.717) is 37.9 Å². The minimum Gasteiger partial charge on any atom is -0.506 e. The number of aromatic nitrogens is 1. The minimum absolute atomic E-state index is 0.119. The van der Waals surface area contributed by atoms with Crippen LogP contribution in [0.4, 0.5) is 5.69 Å². The largest absolute Gasteiger partial charge is 0.506 e. The number of halogens is 2. The van der Waals surface area contributed by atoms with Crippen LogP contribution in [0.15, 0.2) is 83.4 Å². The Kier molecular flexibility index (Phi) is 5.51. The summed E-state index contributed by atoms with van der Waals surface area (Å²) in [5.41, 5.74) is 2.08. The number of thiocarbonyl (C=S) groups is 1. The van der Waals surface area contributed by atoms with Crippen molar-refractivity contribution in [2.24, 2.45) is 0 Å². The Labute approximate surface area is 200 Å². The summed E-state index contributed by atoms with van der Waals surface area (Å²) in [6.45, 7) is 0. The highest BCUT2D eigenvalue weighted by Crippen LogP contribution is 2.45. The van der Waals surface area contributed by atoms with Gasteiger partial charge in [0, 0.05) is 11.8 Å². The molecule has 5 rings (SSSR count). The molecule has 32 heavy (non-hydrogen) atoms. The monoisotopic (exact) mass is 481 g/mol. The van der Waals surface area contributed by atoms with Crippen molar-refractivity contribution >= 4 is 46.2 Å². The zero-order chi connectivity index (χ0) is 22.2. The first-order valence-corrected chi connectivity index (χ1v) is 11.0. The fourth-order valence-electron chi connectivity index (χ4n) is 3.92. The normalized spacial score (nSPS) is 18.1. The average molecular weight is 482 g/mol. The molecule has 4 aromatic rings. The van der Waals surface area contributed by atoms with Gasteiger partial charge in [0.25, 0.3) is 0 Å². The van der Waals surface area contributed by atoms with E-state index in [2.05, 4.69) is 10.3 Å². The zero-order valence-electron chi connectivity index (χ0n) is 16.6. The molecular formula is C24H17Cl2N3O2S. The topological polar surface area (TPSA) is 61.5 Å². The van der Waals surface area contributed by atoms with Gasteiger partial charge in [0.1, 0.15) is 23.3 Å². The van der Waals surface area contributed by atoms with Crippen molar-refractivity contribution in [3.8, 4) is 17.1 Å². The Morgan fingerprint density at radius 2 is 1.78 bits per heavy atom. The maximum Gasteiger partial charge on any atom is 0.174 e. The Balaban J connectivity index is 1.63. The van der Waals surface area contributed by atoms with E-state index in [1.54, 1.807) is 24.4 Å². The SMILES string of the molecule is Oc1ccccc1N1C(=S)N[C@@H](c2ccccn2)[C@H]1c1ccc(-c2cccc(Cl)c2Cl)o1. The quantitative estimate of drug-likeness (QED) is 0.323. The van der Waals surface area contributed by atoms with Gasteiger partial charge in [-0.25, -0.2) is 0 Å². The molecule has 0 amide bonds. The molecule has 0 saturated carbocycles. The molecular weight excluding hydrogens is 465 g/mol. The molecule has 8 heteroatoms. The van der Waals surface area contributed by atoms with E-state index < -0.39 is 6.04 Å². The third kappa shape index (κ3) is 3.60. The third-order valence-electron chi connectivity index (χ3n) is 5.37. The molecule has 160 valence electrons. The van der Waals surface area contributed by atoms with Crippen molar-refractivity contribution in [1.29, 1.82) is 0 Å². The number of pyridine rings is 1. The van der Waals surface area contributed by atoms with Crippen molar-refractivity contribution in [3.63, 3.8) is 0 Å². The predicted molar refractivity (Wildman–Crippen MR) is 130 cm³/mol. The first-order valence-electron chi connectivity index (χ1n) is 9.87. The summed E-state index contributed by atoms with van der Waals surface area (Å²) in [5, 5.41) is 15.2. The van der Waals surface area contributed by atoms with Gasteiger partial charge < -0.3 is 19.7 Å². The molecule has 2 aromatic heterocycles. The van der Waals surface area contributed by atoms with Gasteiger partial charge in [-0.3, -0.25) is 4.98 Å². The second-order valence-electron chi connectivity index (χ2n) is 7.29. The van der Waals surface area contributed by atoms with E-state index in [1.807, 2.05) is 59.5 Å². The van der Waals surface area contributed by atoms with E-state index >= 15 is 0 Å². The third-order valence-corrected chi connectivity index (χ3v) is 6.51. The van der Waals surface area contributed by atoms with Crippen LogP contribution in [-0.2, 0) is 0 Å². The summed E-state index contributed by atoms with van der Waals surface area (Å²) in [7, 11) is 0. The lowest BCUT2D eigenvalue weighted by molar-refractivity contribution is 0.434. The Bertz CT molecular complexity index is 1300. The first kappa shape index (κ1) is 20.8. The molecule has 1 aliphatic rings. The van der Waals surface area contributed by atoms with Crippen molar-refractivity contribution < 1.29 is 9.52 Å². The molecule has 0 aliphatic carbocycles. The summed E-state index contributed by atoms with van der Waals surface area (Å²) in [4.78, 5) is 6.37. The Hall–Kier alpha value is -3.06. The number of benzene rings is 2. The van der Waals surface area contributed by atoms with E-state index in [0.717, 1.165) is 5.69 Å². The van der Waals surface area contributed by atoms with Crippen molar-refractivity contribution in [3.05, 3.63) is 100 Å². The summed E-state index contributed by atoms with van der Waals surface area (Å²) >= 11 is 18.3. The van der Waals surface area contributed by atoms with E-state index in [9.17, 15) is 5.11 Å². The van der Waals surface area contributed by atoms with Gasteiger partial charge >= 0.3 is 0 Å². The molecule has 1 aliphatic heterocycles. The number of anilines is 1. The van der Waals surface area contributed by atoms with Crippen LogP contribution in [0, 0.1) is 0 Å². The molecule has 0 spiro atoms. The van der Waals surface area contributed by atoms with Crippen LogP contribution in [0.3, 0.4) is 0 Å². The molecule has 1 saturated heterocycles. The molecule has 2 aromatic carbocycles. The molecule has 1 fully saturated rings. The fourth-order valence-corrected chi connectivity index (χ4v) is 4.65. The summed E-state index contributed by atoms with van der Waals surface area (Å²) in [6, 6.07) is 21.2. The lowest BCUT2D eigenvalue weighted by atomic mass is 10.0. The number of hydrogen-bond acceptors (Lipinski definition) is 4. The van der Waals surface area contributed by atoms with Gasteiger partial charge in [0.05, 0.1) is 27.5 Å². The number of phenolic OH excluding ortho intramolecular Hbond substituents is 1. The van der Waals surface area contributed by atoms with E-state index in [4.69, 9.17) is 39.8 Å². The predicted octanol–water partition coefficient (Wildman–Crippen LogP) is 6.53. The van der Waals surface area contributed by atoms with Gasteiger partial charge in [-0.05, 0) is 60.7 Å². The van der Waals surface area contributed by atoms with Crippen LogP contribution >= 0.6 is 35.4 Å². The van der Waals surface area contributed by atoms with Gasteiger partial charge in [0.2, 0.25) is 0 Å². The van der Waals surface area contributed by atoms with Gasteiger partial charge in [-0.15, -0.1) is 0 Å². The molecule has 3 heterocycles. The van der Waals surface area contributed by atoms with Gasteiger partial charge in [-0.2, -0.15) is 0 Å². The second kappa shape index (κ2) is 8.47. The van der Waals surface area contributed by atoms with Crippen LogP contribution < -0.4 is 10.2 Å². The number of aromatic hydroxyl groups is 1. The standard InChI is InChI=1S/C24H17Cl2N3O2S/c25-15-7-5-6-14(21(15)26)19-11-12-20(31-19)23-22(16-8-3-4-13-27-16)28-24(32)29(23)17-9-1-2-10-18(17)30/h1-13,22-23,30H,(H,28,32)/t22-,23+/m0/s1. The highest BCUT2D eigenvalue weighted by Gasteiger charge is 2.43. The van der Waals surface area contributed by atoms with Crippen molar-refractivity contribution in [2.45, 2.75) is 12.1 Å². The highest BCUT2D eigenvalue weighted by atomic mass is 35.5. The zero-order valence-corrected chi connectivity index (χ0v) is 18.9.